The molecule has 3 nitrogen and oxygen atoms in total. The van der Waals surface area contributed by atoms with E-state index in [4.69, 9.17) is 4.74 Å². The Morgan fingerprint density at radius 3 is 2.80 bits per heavy atom. The fraction of sp³-hybridized carbons (Fsp3) is 0.857. The molecule has 1 aliphatic rings. The molecule has 58 valence electrons. The molecule has 1 N–H and O–H groups in total. The third-order valence-electron chi connectivity index (χ3n) is 1.88. The molecule has 1 saturated carbocycles. The average molecular weight is 143 g/mol. The van der Waals surface area contributed by atoms with Gasteiger partial charge in [-0.2, -0.15) is 0 Å². The Hall–Kier alpha value is -0.730. The summed E-state index contributed by atoms with van der Waals surface area (Å²) in [6.07, 6.45) is 3.42. The van der Waals surface area contributed by atoms with E-state index in [0.29, 0.717) is 12.5 Å². The topological polar surface area (TPSA) is 38.3 Å². The highest BCUT2D eigenvalue weighted by Gasteiger charge is 2.18. The van der Waals surface area contributed by atoms with Crippen molar-refractivity contribution in [2.75, 3.05) is 13.7 Å². The summed E-state index contributed by atoms with van der Waals surface area (Å²) in [5, 5.41) is 2.41. The highest BCUT2D eigenvalue weighted by atomic mass is 16.5. The molecule has 0 atom stereocenters. The number of rotatable bonds is 2. The van der Waals surface area contributed by atoms with Crippen LogP contribution in [-0.4, -0.2) is 19.7 Å². The number of amides is 1. The molecule has 0 unspecified atom stereocenters. The zero-order valence-corrected chi connectivity index (χ0v) is 6.22. The van der Waals surface area contributed by atoms with Gasteiger partial charge in [-0.3, -0.25) is 0 Å². The molecular formula is C7H13NO2. The van der Waals surface area contributed by atoms with Gasteiger partial charge in [0.2, 0.25) is 0 Å². The quantitative estimate of drug-likeness (QED) is 0.629. The zero-order valence-electron chi connectivity index (χ0n) is 6.22. The fourth-order valence-corrected chi connectivity index (χ4v) is 0.925. The van der Waals surface area contributed by atoms with Crippen molar-refractivity contribution in [3.8, 4) is 0 Å². The molecule has 0 aliphatic heterocycles. The summed E-state index contributed by atoms with van der Waals surface area (Å²) in [6.45, 7) is 0.597. The van der Waals surface area contributed by atoms with Gasteiger partial charge in [-0.1, -0.05) is 6.42 Å². The molecule has 0 radical (unpaired) electrons. The van der Waals surface area contributed by atoms with Crippen LogP contribution in [0.1, 0.15) is 19.3 Å². The van der Waals surface area contributed by atoms with Crippen molar-refractivity contribution in [3.05, 3.63) is 0 Å². The van der Waals surface area contributed by atoms with Crippen LogP contribution in [0.2, 0.25) is 0 Å². The standard InChI is InChI=1S/C7H13NO2/c1-8-7(9)10-5-6-3-2-4-6/h6H,2-5H2,1H3,(H,8,9). The maximum atomic E-state index is 10.5. The first-order chi connectivity index (χ1) is 4.83. The molecule has 1 rings (SSSR count). The van der Waals surface area contributed by atoms with Gasteiger partial charge in [-0.25, -0.2) is 4.79 Å². The minimum atomic E-state index is -0.313. The Balaban J connectivity index is 1.98. The summed E-state index contributed by atoms with van der Waals surface area (Å²) in [6, 6.07) is 0. The summed E-state index contributed by atoms with van der Waals surface area (Å²) in [4.78, 5) is 10.5. The SMILES string of the molecule is CNC(=O)OCC1CCC1. The smallest absolute Gasteiger partial charge is 0.406 e. The minimum absolute atomic E-state index is 0.313. The Morgan fingerprint density at radius 2 is 2.40 bits per heavy atom. The van der Waals surface area contributed by atoms with Crippen LogP contribution in [0, 0.1) is 5.92 Å². The van der Waals surface area contributed by atoms with Gasteiger partial charge in [0.25, 0.3) is 0 Å². The Bertz CT molecular complexity index is 121. The summed E-state index contributed by atoms with van der Waals surface area (Å²) in [7, 11) is 1.57. The second kappa shape index (κ2) is 3.44. The number of hydrogen-bond donors (Lipinski definition) is 1. The number of alkyl carbamates (subject to hydrolysis) is 1. The van der Waals surface area contributed by atoms with Crippen LogP contribution in [0.5, 0.6) is 0 Å². The number of nitrogens with one attached hydrogen (secondary N) is 1. The number of carbonyl (C=O) groups excluding carboxylic acids is 1. The Kier molecular flexibility index (Phi) is 2.54. The maximum Gasteiger partial charge on any atom is 0.406 e. The van der Waals surface area contributed by atoms with E-state index in [2.05, 4.69) is 5.32 Å². The number of ether oxygens (including phenoxy) is 1. The molecule has 0 aromatic rings. The summed E-state index contributed by atoms with van der Waals surface area (Å²) in [5.41, 5.74) is 0. The van der Waals surface area contributed by atoms with Crippen LogP contribution in [-0.2, 0) is 4.74 Å². The molecule has 0 aromatic carbocycles. The normalized spacial score (nSPS) is 17.7. The zero-order chi connectivity index (χ0) is 7.40. The predicted molar refractivity (Wildman–Crippen MR) is 37.7 cm³/mol. The second-order valence-electron chi connectivity index (χ2n) is 2.65. The molecule has 1 amide bonds. The van der Waals surface area contributed by atoms with Crippen molar-refractivity contribution in [1.82, 2.24) is 5.32 Å². The molecule has 0 spiro atoms. The first-order valence-electron chi connectivity index (χ1n) is 3.67. The largest absolute Gasteiger partial charge is 0.449 e. The van der Waals surface area contributed by atoms with Crippen LogP contribution < -0.4 is 5.32 Å². The molecule has 0 heterocycles. The minimum Gasteiger partial charge on any atom is -0.449 e. The summed E-state index contributed by atoms with van der Waals surface area (Å²) >= 11 is 0. The van der Waals surface area contributed by atoms with Crippen LogP contribution >= 0.6 is 0 Å². The van der Waals surface area contributed by atoms with Crippen LogP contribution in [0.15, 0.2) is 0 Å². The van der Waals surface area contributed by atoms with Crippen molar-refractivity contribution >= 4 is 6.09 Å². The molecule has 1 fully saturated rings. The third kappa shape index (κ3) is 1.90. The molecular weight excluding hydrogens is 130 g/mol. The van der Waals surface area contributed by atoms with Gasteiger partial charge in [0.1, 0.15) is 0 Å². The van der Waals surface area contributed by atoms with Gasteiger partial charge >= 0.3 is 6.09 Å². The molecule has 0 bridgehead atoms. The van der Waals surface area contributed by atoms with Crippen molar-refractivity contribution in [2.45, 2.75) is 19.3 Å². The van der Waals surface area contributed by atoms with Crippen LogP contribution in [0.4, 0.5) is 4.79 Å². The van der Waals surface area contributed by atoms with E-state index in [1.807, 2.05) is 0 Å². The molecule has 0 aromatic heterocycles. The van der Waals surface area contributed by atoms with E-state index < -0.39 is 0 Å². The fourth-order valence-electron chi connectivity index (χ4n) is 0.925. The average Bonchev–Trinajstić information content (AvgIpc) is 1.84. The highest BCUT2D eigenvalue weighted by Crippen LogP contribution is 2.26. The molecule has 3 heteroatoms. The molecule has 10 heavy (non-hydrogen) atoms. The van der Waals surface area contributed by atoms with Gasteiger partial charge in [-0.15, -0.1) is 0 Å². The van der Waals surface area contributed by atoms with Crippen molar-refractivity contribution in [2.24, 2.45) is 5.92 Å². The van der Waals surface area contributed by atoms with Crippen LogP contribution in [0.25, 0.3) is 0 Å². The van der Waals surface area contributed by atoms with E-state index in [1.165, 1.54) is 19.3 Å². The van der Waals surface area contributed by atoms with Crippen molar-refractivity contribution in [1.29, 1.82) is 0 Å². The molecule has 0 saturated heterocycles. The first kappa shape index (κ1) is 7.38. The van der Waals surface area contributed by atoms with Crippen molar-refractivity contribution in [3.63, 3.8) is 0 Å². The number of hydrogen-bond acceptors (Lipinski definition) is 2. The van der Waals surface area contributed by atoms with Crippen LogP contribution in [0.3, 0.4) is 0 Å². The predicted octanol–water partition coefficient (Wildman–Crippen LogP) is 1.14. The second-order valence-corrected chi connectivity index (χ2v) is 2.65. The maximum absolute atomic E-state index is 10.5. The van der Waals surface area contributed by atoms with E-state index >= 15 is 0 Å². The Morgan fingerprint density at radius 1 is 1.70 bits per heavy atom. The van der Waals surface area contributed by atoms with Gasteiger partial charge in [0.05, 0.1) is 6.61 Å². The summed E-state index contributed by atoms with van der Waals surface area (Å²) < 4.78 is 4.85. The third-order valence-corrected chi connectivity index (χ3v) is 1.88. The van der Waals surface area contributed by atoms with E-state index in [-0.39, 0.29) is 6.09 Å². The Labute approximate surface area is 60.7 Å². The monoisotopic (exact) mass is 143 g/mol. The van der Waals surface area contributed by atoms with Gasteiger partial charge < -0.3 is 10.1 Å². The number of carbonyl (C=O) groups is 1. The van der Waals surface area contributed by atoms with E-state index in [9.17, 15) is 4.79 Å². The van der Waals surface area contributed by atoms with E-state index in [1.54, 1.807) is 7.05 Å². The van der Waals surface area contributed by atoms with Gasteiger partial charge in [0, 0.05) is 7.05 Å². The van der Waals surface area contributed by atoms with Crippen molar-refractivity contribution < 1.29 is 9.53 Å². The lowest BCUT2D eigenvalue weighted by molar-refractivity contribution is 0.105. The van der Waals surface area contributed by atoms with Gasteiger partial charge in [0.15, 0.2) is 0 Å². The highest BCUT2D eigenvalue weighted by molar-refractivity contribution is 5.66. The summed E-state index contributed by atoms with van der Waals surface area (Å²) in [5.74, 6) is 0.636. The first-order valence-corrected chi connectivity index (χ1v) is 3.67. The molecule has 1 aliphatic carbocycles. The lowest BCUT2D eigenvalue weighted by Crippen LogP contribution is -2.25. The lowest BCUT2D eigenvalue weighted by Gasteiger charge is -2.24. The lowest BCUT2D eigenvalue weighted by atomic mass is 9.86. The van der Waals surface area contributed by atoms with E-state index in [0.717, 1.165) is 0 Å². The van der Waals surface area contributed by atoms with Gasteiger partial charge in [-0.05, 0) is 18.8 Å².